The van der Waals surface area contributed by atoms with Crippen molar-refractivity contribution in [3.63, 3.8) is 0 Å². The largest absolute Gasteiger partial charge is 0.378 e. The molecule has 2 rings (SSSR count). The van der Waals surface area contributed by atoms with Gasteiger partial charge in [0.1, 0.15) is 0 Å². The lowest BCUT2D eigenvalue weighted by molar-refractivity contribution is 0.122. The van der Waals surface area contributed by atoms with E-state index in [2.05, 4.69) is 22.2 Å². The number of ether oxygens (including phenoxy) is 1. The molecule has 0 amide bonds. The molecule has 0 unspecified atom stereocenters. The lowest BCUT2D eigenvalue weighted by Gasteiger charge is -2.28. The number of anilines is 1. The number of unbranched alkanes of at least 4 members (excludes halogenated alkanes) is 2. The third kappa shape index (κ3) is 5.13. The maximum atomic E-state index is 12.1. The summed E-state index contributed by atoms with van der Waals surface area (Å²) in [6.45, 7) is 7.68. The van der Waals surface area contributed by atoms with Gasteiger partial charge in [-0.1, -0.05) is 19.8 Å². The molecule has 118 valence electrons. The maximum absolute atomic E-state index is 12.1. The van der Waals surface area contributed by atoms with E-state index in [0.717, 1.165) is 31.9 Å². The Balaban J connectivity index is 1.80. The highest BCUT2D eigenvalue weighted by molar-refractivity contribution is 5.43. The first kappa shape index (κ1) is 16.0. The van der Waals surface area contributed by atoms with Crippen LogP contribution in [0.3, 0.4) is 0 Å². The van der Waals surface area contributed by atoms with Crippen molar-refractivity contribution in [2.24, 2.45) is 0 Å². The Morgan fingerprint density at radius 3 is 2.81 bits per heavy atom. The summed E-state index contributed by atoms with van der Waals surface area (Å²) in [5.41, 5.74) is 0.866. The van der Waals surface area contributed by atoms with Crippen LogP contribution in [0.2, 0.25) is 0 Å². The molecule has 1 aromatic heterocycles. The molecule has 2 heterocycles. The highest BCUT2D eigenvalue weighted by Gasteiger charge is 2.12. The van der Waals surface area contributed by atoms with Crippen LogP contribution in [0.4, 0.5) is 5.69 Å². The van der Waals surface area contributed by atoms with Crippen LogP contribution in [0.1, 0.15) is 26.2 Å². The topological polar surface area (TPSA) is 59.4 Å². The van der Waals surface area contributed by atoms with E-state index in [0.29, 0.717) is 19.8 Å². The molecule has 0 aromatic carbocycles. The van der Waals surface area contributed by atoms with Crippen LogP contribution in [0.5, 0.6) is 0 Å². The number of aromatic nitrogens is 2. The summed E-state index contributed by atoms with van der Waals surface area (Å²) in [6.07, 6.45) is 5.45. The maximum Gasteiger partial charge on any atom is 0.268 e. The van der Waals surface area contributed by atoms with Crippen LogP contribution >= 0.6 is 0 Å². The van der Waals surface area contributed by atoms with Crippen LogP contribution < -0.4 is 15.8 Å². The van der Waals surface area contributed by atoms with E-state index >= 15 is 0 Å². The summed E-state index contributed by atoms with van der Waals surface area (Å²) in [5, 5.41) is 7.62. The van der Waals surface area contributed by atoms with E-state index in [-0.39, 0.29) is 5.56 Å². The van der Waals surface area contributed by atoms with Crippen molar-refractivity contribution >= 4 is 5.69 Å². The van der Waals surface area contributed by atoms with Crippen molar-refractivity contribution in [3.8, 4) is 0 Å². The van der Waals surface area contributed by atoms with Crippen LogP contribution in [0.15, 0.2) is 17.1 Å². The zero-order valence-electron chi connectivity index (χ0n) is 12.9. The second kappa shape index (κ2) is 8.79. The predicted octanol–water partition coefficient (Wildman–Crippen LogP) is 0.860. The first-order valence-electron chi connectivity index (χ1n) is 7.92. The van der Waals surface area contributed by atoms with Crippen LogP contribution in [-0.2, 0) is 11.3 Å². The standard InChI is InChI=1S/C15H26N4O2/c1-2-3-4-5-16-6-7-19-15(20)12-14(13-17-19)18-8-10-21-11-9-18/h12-13,16H,2-11H2,1H3. The number of rotatable bonds is 8. The Morgan fingerprint density at radius 2 is 2.10 bits per heavy atom. The molecule has 0 atom stereocenters. The van der Waals surface area contributed by atoms with Gasteiger partial charge in [0, 0.05) is 25.7 Å². The van der Waals surface area contributed by atoms with E-state index in [1.54, 1.807) is 12.3 Å². The first-order valence-corrected chi connectivity index (χ1v) is 7.92. The van der Waals surface area contributed by atoms with E-state index < -0.39 is 0 Å². The second-order valence-electron chi connectivity index (χ2n) is 5.33. The lowest BCUT2D eigenvalue weighted by atomic mass is 10.2. The minimum atomic E-state index is -0.0330. The molecule has 1 fully saturated rings. The fourth-order valence-corrected chi connectivity index (χ4v) is 2.40. The lowest BCUT2D eigenvalue weighted by Crippen LogP contribution is -2.37. The molecule has 1 aliphatic rings. The Labute approximate surface area is 126 Å². The van der Waals surface area contributed by atoms with Gasteiger partial charge in [0.2, 0.25) is 0 Å². The van der Waals surface area contributed by atoms with Gasteiger partial charge in [0.25, 0.3) is 5.56 Å². The van der Waals surface area contributed by atoms with Crippen molar-refractivity contribution in [2.75, 3.05) is 44.3 Å². The van der Waals surface area contributed by atoms with Crippen molar-refractivity contribution in [2.45, 2.75) is 32.7 Å². The van der Waals surface area contributed by atoms with E-state index in [9.17, 15) is 4.79 Å². The molecular weight excluding hydrogens is 268 g/mol. The Hall–Kier alpha value is -1.40. The molecule has 0 bridgehead atoms. The monoisotopic (exact) mass is 294 g/mol. The van der Waals surface area contributed by atoms with E-state index in [1.807, 2.05) is 0 Å². The molecule has 0 saturated carbocycles. The average molecular weight is 294 g/mol. The van der Waals surface area contributed by atoms with Crippen LogP contribution in [-0.4, -0.2) is 49.2 Å². The van der Waals surface area contributed by atoms with E-state index in [1.165, 1.54) is 23.9 Å². The number of morpholine rings is 1. The molecule has 6 nitrogen and oxygen atoms in total. The summed E-state index contributed by atoms with van der Waals surface area (Å²) >= 11 is 0. The van der Waals surface area contributed by atoms with Crippen LogP contribution in [0.25, 0.3) is 0 Å². The van der Waals surface area contributed by atoms with Gasteiger partial charge < -0.3 is 15.0 Å². The normalized spacial score (nSPS) is 15.4. The summed E-state index contributed by atoms with van der Waals surface area (Å²) in [4.78, 5) is 14.2. The molecule has 6 heteroatoms. The highest BCUT2D eigenvalue weighted by atomic mass is 16.5. The first-order chi connectivity index (χ1) is 10.3. The Kier molecular flexibility index (Phi) is 6.69. The Bertz CT molecular complexity index is 469. The molecule has 1 aliphatic heterocycles. The molecule has 0 spiro atoms. The quantitative estimate of drug-likeness (QED) is 0.721. The highest BCUT2D eigenvalue weighted by Crippen LogP contribution is 2.11. The second-order valence-corrected chi connectivity index (χ2v) is 5.33. The summed E-state index contributed by atoms with van der Waals surface area (Å²) in [6, 6.07) is 1.68. The third-order valence-electron chi connectivity index (χ3n) is 3.69. The van der Waals surface area contributed by atoms with Gasteiger partial charge in [0.15, 0.2) is 0 Å². The van der Waals surface area contributed by atoms with Gasteiger partial charge in [-0.3, -0.25) is 4.79 Å². The fraction of sp³-hybridized carbons (Fsp3) is 0.733. The van der Waals surface area contributed by atoms with Gasteiger partial charge in [-0.15, -0.1) is 0 Å². The molecule has 0 radical (unpaired) electrons. The van der Waals surface area contributed by atoms with Gasteiger partial charge in [-0.25, -0.2) is 4.68 Å². The summed E-state index contributed by atoms with van der Waals surface area (Å²) in [7, 11) is 0. The summed E-state index contributed by atoms with van der Waals surface area (Å²) < 4.78 is 6.84. The van der Waals surface area contributed by atoms with Crippen molar-refractivity contribution in [1.82, 2.24) is 15.1 Å². The minimum Gasteiger partial charge on any atom is -0.378 e. The van der Waals surface area contributed by atoms with Crippen molar-refractivity contribution in [3.05, 3.63) is 22.6 Å². The smallest absolute Gasteiger partial charge is 0.268 e. The zero-order chi connectivity index (χ0) is 14.9. The zero-order valence-corrected chi connectivity index (χ0v) is 12.9. The minimum absolute atomic E-state index is 0.0330. The molecule has 0 aliphatic carbocycles. The molecule has 21 heavy (non-hydrogen) atoms. The molecule has 1 aromatic rings. The SMILES string of the molecule is CCCCCNCCn1ncc(N2CCOCC2)cc1=O. The number of nitrogens with one attached hydrogen (secondary N) is 1. The number of hydrogen-bond donors (Lipinski definition) is 1. The molecule has 1 N–H and O–H groups in total. The fourth-order valence-electron chi connectivity index (χ4n) is 2.40. The van der Waals surface area contributed by atoms with Gasteiger partial charge in [0.05, 0.1) is 31.6 Å². The Morgan fingerprint density at radius 1 is 1.29 bits per heavy atom. The number of nitrogens with zero attached hydrogens (tertiary/aromatic N) is 3. The molecule has 1 saturated heterocycles. The summed E-state index contributed by atoms with van der Waals surface area (Å²) in [5.74, 6) is 0. The van der Waals surface area contributed by atoms with Crippen LogP contribution in [0, 0.1) is 0 Å². The third-order valence-corrected chi connectivity index (χ3v) is 3.69. The number of hydrogen-bond acceptors (Lipinski definition) is 5. The predicted molar refractivity (Wildman–Crippen MR) is 83.9 cm³/mol. The van der Waals surface area contributed by atoms with Crippen molar-refractivity contribution < 1.29 is 4.74 Å². The molecular formula is C15H26N4O2. The van der Waals surface area contributed by atoms with Gasteiger partial charge >= 0.3 is 0 Å². The van der Waals surface area contributed by atoms with E-state index in [4.69, 9.17) is 4.74 Å². The van der Waals surface area contributed by atoms with Gasteiger partial charge in [-0.2, -0.15) is 5.10 Å². The van der Waals surface area contributed by atoms with Crippen molar-refractivity contribution in [1.29, 1.82) is 0 Å². The van der Waals surface area contributed by atoms with Gasteiger partial charge in [-0.05, 0) is 13.0 Å². The average Bonchev–Trinajstić information content (AvgIpc) is 2.53.